The number of hydrogen-bond acceptors (Lipinski definition) is 6. The van der Waals surface area contributed by atoms with Crippen LogP contribution in [-0.4, -0.2) is 59.2 Å². The van der Waals surface area contributed by atoms with E-state index in [-0.39, 0.29) is 35.3 Å². The predicted molar refractivity (Wildman–Crippen MR) is 162 cm³/mol. The van der Waals surface area contributed by atoms with E-state index in [2.05, 4.69) is 63.8 Å². The highest BCUT2D eigenvalue weighted by Gasteiger charge is 2.27. The monoisotopic (exact) mass is 551 g/mol. The second kappa shape index (κ2) is 11.8. The molecule has 41 heavy (non-hydrogen) atoms. The number of fused-ring (bicyclic) bond motifs is 1. The van der Waals surface area contributed by atoms with Crippen molar-refractivity contribution in [2.24, 2.45) is 5.92 Å². The number of aryl methyl sites for hydroxylation is 1. The van der Waals surface area contributed by atoms with Crippen LogP contribution in [0.15, 0.2) is 77.9 Å². The number of carbonyl (C=O) groups excluding carboxylic acids is 1. The number of amides is 1. The highest BCUT2D eigenvalue weighted by atomic mass is 16.5. The molecule has 0 spiro atoms. The molecular formula is C33H37N5O3. The van der Waals surface area contributed by atoms with Gasteiger partial charge in [0.1, 0.15) is 0 Å². The second-order valence-corrected chi connectivity index (χ2v) is 11.3. The van der Waals surface area contributed by atoms with Gasteiger partial charge in [0.05, 0.1) is 24.9 Å². The topological polar surface area (TPSA) is 88.5 Å². The van der Waals surface area contributed by atoms with Crippen LogP contribution in [0.5, 0.6) is 0 Å². The van der Waals surface area contributed by atoms with E-state index in [9.17, 15) is 9.59 Å². The van der Waals surface area contributed by atoms with E-state index in [1.807, 2.05) is 25.1 Å². The van der Waals surface area contributed by atoms with Crippen LogP contribution in [0.4, 0.5) is 5.82 Å². The SMILES string of the molecule is Cc1ccc(C(=O)NC2CC2)cc1-n1ccnc(N[C@@H](c2cccc3ccccc23)[C@H](C)CN2CCOCC2)c1=O. The first-order valence-corrected chi connectivity index (χ1v) is 14.5. The van der Waals surface area contributed by atoms with Crippen molar-refractivity contribution in [2.45, 2.75) is 38.8 Å². The average Bonchev–Trinajstić information content (AvgIpc) is 3.81. The number of nitrogens with one attached hydrogen (secondary N) is 2. The van der Waals surface area contributed by atoms with Crippen LogP contribution >= 0.6 is 0 Å². The summed E-state index contributed by atoms with van der Waals surface area (Å²) in [6.45, 7) is 8.30. The molecule has 1 saturated heterocycles. The lowest BCUT2D eigenvalue weighted by atomic mass is 9.90. The van der Waals surface area contributed by atoms with Gasteiger partial charge in [-0.05, 0) is 59.7 Å². The Hall–Kier alpha value is -4.01. The van der Waals surface area contributed by atoms with Crippen LogP contribution < -0.4 is 16.2 Å². The van der Waals surface area contributed by atoms with Gasteiger partial charge in [0.15, 0.2) is 5.82 Å². The molecule has 3 aromatic carbocycles. The van der Waals surface area contributed by atoms with Crippen LogP contribution in [-0.2, 0) is 4.74 Å². The Morgan fingerprint density at radius 1 is 1.07 bits per heavy atom. The standard InChI is InChI=1S/C33H37N5O3/c1-22-10-11-25(32(39)35-26-12-13-26)20-29(22)38-15-14-34-31(33(38)40)36-30(23(2)21-37-16-18-41-19-17-37)28-9-5-7-24-6-3-4-8-27(24)28/h3-11,14-15,20,23,26,30H,12-13,16-19,21H2,1-2H3,(H,34,36)(H,35,39)/t23-,30-/m1/s1. The molecular weight excluding hydrogens is 514 g/mol. The highest BCUT2D eigenvalue weighted by Crippen LogP contribution is 2.32. The van der Waals surface area contributed by atoms with Gasteiger partial charge in [-0.2, -0.15) is 0 Å². The molecule has 6 rings (SSSR count). The van der Waals surface area contributed by atoms with Crippen molar-refractivity contribution in [3.63, 3.8) is 0 Å². The number of hydrogen-bond donors (Lipinski definition) is 2. The fourth-order valence-electron chi connectivity index (χ4n) is 5.70. The third kappa shape index (κ3) is 6.04. The molecule has 4 aromatic rings. The van der Waals surface area contributed by atoms with Crippen molar-refractivity contribution in [3.8, 4) is 5.69 Å². The molecule has 0 bridgehead atoms. The van der Waals surface area contributed by atoms with E-state index in [4.69, 9.17) is 4.74 Å². The van der Waals surface area contributed by atoms with Crippen molar-refractivity contribution in [3.05, 3.63) is 100 Å². The van der Waals surface area contributed by atoms with Crippen LogP contribution in [0.25, 0.3) is 16.5 Å². The molecule has 2 N–H and O–H groups in total. The summed E-state index contributed by atoms with van der Waals surface area (Å²) in [7, 11) is 0. The quantitative estimate of drug-likeness (QED) is 0.313. The fraction of sp³-hybridized carbons (Fsp3) is 0.364. The summed E-state index contributed by atoms with van der Waals surface area (Å²) >= 11 is 0. The lowest BCUT2D eigenvalue weighted by Gasteiger charge is -2.33. The molecule has 1 amide bonds. The van der Waals surface area contributed by atoms with Gasteiger partial charge in [-0.3, -0.25) is 19.1 Å². The molecule has 0 unspecified atom stereocenters. The molecule has 8 nitrogen and oxygen atoms in total. The first kappa shape index (κ1) is 27.2. The van der Waals surface area contributed by atoms with Gasteiger partial charge in [0.25, 0.3) is 11.5 Å². The van der Waals surface area contributed by atoms with Crippen LogP contribution in [0, 0.1) is 12.8 Å². The van der Waals surface area contributed by atoms with E-state index in [1.165, 1.54) is 0 Å². The summed E-state index contributed by atoms with van der Waals surface area (Å²) in [5.74, 6) is 0.346. The summed E-state index contributed by atoms with van der Waals surface area (Å²) < 4.78 is 7.16. The molecule has 2 fully saturated rings. The van der Waals surface area contributed by atoms with E-state index in [1.54, 1.807) is 23.0 Å². The van der Waals surface area contributed by atoms with Gasteiger partial charge in [-0.1, -0.05) is 55.5 Å². The van der Waals surface area contributed by atoms with Gasteiger partial charge >= 0.3 is 0 Å². The van der Waals surface area contributed by atoms with Crippen LogP contribution in [0.3, 0.4) is 0 Å². The minimum Gasteiger partial charge on any atom is -0.379 e. The number of anilines is 1. The van der Waals surface area contributed by atoms with Crippen LogP contribution in [0.1, 0.15) is 47.3 Å². The summed E-state index contributed by atoms with van der Waals surface area (Å²) in [6.07, 6.45) is 5.35. The van der Waals surface area contributed by atoms with Crippen molar-refractivity contribution in [2.75, 3.05) is 38.2 Å². The summed E-state index contributed by atoms with van der Waals surface area (Å²) in [5.41, 5.74) is 3.00. The van der Waals surface area contributed by atoms with Gasteiger partial charge in [-0.25, -0.2) is 4.98 Å². The van der Waals surface area contributed by atoms with Gasteiger partial charge < -0.3 is 15.4 Å². The van der Waals surface area contributed by atoms with Crippen molar-refractivity contribution >= 4 is 22.5 Å². The number of carbonyl (C=O) groups is 1. The largest absolute Gasteiger partial charge is 0.379 e. The summed E-state index contributed by atoms with van der Waals surface area (Å²) in [6, 6.07) is 20.3. The van der Waals surface area contributed by atoms with Crippen molar-refractivity contribution in [1.29, 1.82) is 0 Å². The Balaban J connectivity index is 1.36. The van der Waals surface area contributed by atoms with E-state index < -0.39 is 0 Å². The first-order valence-electron chi connectivity index (χ1n) is 14.5. The number of ether oxygens (including phenoxy) is 1. The zero-order chi connectivity index (χ0) is 28.3. The smallest absolute Gasteiger partial charge is 0.297 e. The average molecular weight is 552 g/mol. The maximum absolute atomic E-state index is 13.9. The number of nitrogens with zero attached hydrogens (tertiary/aromatic N) is 3. The molecule has 2 atom stereocenters. The summed E-state index contributed by atoms with van der Waals surface area (Å²) in [4.78, 5) is 33.6. The second-order valence-electron chi connectivity index (χ2n) is 11.3. The zero-order valence-electron chi connectivity index (χ0n) is 23.7. The molecule has 1 aliphatic heterocycles. The Labute approximate surface area is 240 Å². The maximum atomic E-state index is 13.9. The third-order valence-electron chi connectivity index (χ3n) is 8.15. The molecule has 0 radical (unpaired) electrons. The van der Waals surface area contributed by atoms with E-state index >= 15 is 0 Å². The number of morpholine rings is 1. The number of rotatable bonds is 9. The van der Waals surface area contributed by atoms with Gasteiger partial charge in [0, 0.05) is 43.6 Å². The minimum absolute atomic E-state index is 0.109. The molecule has 1 aromatic heterocycles. The molecule has 1 aliphatic carbocycles. The van der Waals surface area contributed by atoms with E-state index in [0.29, 0.717) is 11.3 Å². The summed E-state index contributed by atoms with van der Waals surface area (Å²) in [5, 5.41) is 8.91. The van der Waals surface area contributed by atoms with Gasteiger partial charge in [0.2, 0.25) is 0 Å². The molecule has 2 heterocycles. The Kier molecular flexibility index (Phi) is 7.85. The molecule has 212 valence electrons. The van der Waals surface area contributed by atoms with E-state index in [0.717, 1.165) is 67.6 Å². The van der Waals surface area contributed by atoms with Crippen molar-refractivity contribution < 1.29 is 9.53 Å². The van der Waals surface area contributed by atoms with Crippen molar-refractivity contribution in [1.82, 2.24) is 19.8 Å². The van der Waals surface area contributed by atoms with Crippen LogP contribution in [0.2, 0.25) is 0 Å². The number of aromatic nitrogens is 2. The number of benzene rings is 3. The fourth-order valence-corrected chi connectivity index (χ4v) is 5.70. The lowest BCUT2D eigenvalue weighted by molar-refractivity contribution is 0.0305. The normalized spacial score (nSPS) is 17.2. The molecule has 2 aliphatic rings. The lowest BCUT2D eigenvalue weighted by Crippen LogP contribution is -2.41. The Morgan fingerprint density at radius 2 is 1.85 bits per heavy atom. The van der Waals surface area contributed by atoms with Gasteiger partial charge in [-0.15, -0.1) is 0 Å². The Morgan fingerprint density at radius 3 is 2.66 bits per heavy atom. The highest BCUT2D eigenvalue weighted by molar-refractivity contribution is 5.95. The third-order valence-corrected chi connectivity index (χ3v) is 8.15. The Bertz CT molecular complexity index is 1600. The molecule has 8 heteroatoms. The maximum Gasteiger partial charge on any atom is 0.297 e. The first-order chi connectivity index (χ1) is 20.0. The minimum atomic E-state index is -0.251. The molecule has 1 saturated carbocycles. The zero-order valence-corrected chi connectivity index (χ0v) is 23.7. The predicted octanol–water partition coefficient (Wildman–Crippen LogP) is 4.71.